The van der Waals surface area contributed by atoms with Gasteiger partial charge in [0, 0.05) is 13.1 Å². The minimum Gasteiger partial charge on any atom is -0.493 e. The summed E-state index contributed by atoms with van der Waals surface area (Å²) in [5.41, 5.74) is 3.72. The third kappa shape index (κ3) is 4.22. The Hall–Kier alpha value is -1.06. The highest BCUT2D eigenvalue weighted by atomic mass is 16.5. The monoisotopic (exact) mass is 277 g/mol. The Morgan fingerprint density at radius 2 is 1.95 bits per heavy atom. The van der Waals surface area contributed by atoms with E-state index in [-0.39, 0.29) is 6.10 Å². The summed E-state index contributed by atoms with van der Waals surface area (Å²) in [5, 5.41) is 9.64. The first-order chi connectivity index (χ1) is 9.56. The van der Waals surface area contributed by atoms with Crippen molar-refractivity contribution < 1.29 is 9.84 Å². The van der Waals surface area contributed by atoms with Crippen molar-refractivity contribution in [2.24, 2.45) is 0 Å². The lowest BCUT2D eigenvalue weighted by Gasteiger charge is -2.29. The van der Waals surface area contributed by atoms with Gasteiger partial charge in [-0.3, -0.25) is 0 Å². The largest absolute Gasteiger partial charge is 0.493 e. The van der Waals surface area contributed by atoms with Gasteiger partial charge in [0.25, 0.3) is 0 Å². The summed E-state index contributed by atoms with van der Waals surface area (Å²) < 4.78 is 5.95. The van der Waals surface area contributed by atoms with Crippen LogP contribution in [-0.4, -0.2) is 42.4 Å². The van der Waals surface area contributed by atoms with Gasteiger partial charge in [-0.2, -0.15) is 0 Å². The van der Waals surface area contributed by atoms with Crippen LogP contribution in [0.4, 0.5) is 0 Å². The van der Waals surface area contributed by atoms with Crippen molar-refractivity contribution >= 4 is 0 Å². The lowest BCUT2D eigenvalue weighted by molar-refractivity contribution is 0.0678. The SMILES string of the molecule is Cc1cc(C)c(OCCCN2CCCC(O)C2)c(C)c1. The van der Waals surface area contributed by atoms with E-state index >= 15 is 0 Å². The minimum absolute atomic E-state index is 0.133. The molecule has 0 aliphatic carbocycles. The molecule has 1 saturated heterocycles. The van der Waals surface area contributed by atoms with E-state index in [1.807, 2.05) is 0 Å². The fourth-order valence-electron chi connectivity index (χ4n) is 3.09. The maximum absolute atomic E-state index is 9.64. The van der Waals surface area contributed by atoms with Crippen LogP contribution in [-0.2, 0) is 0 Å². The number of β-amino-alcohol motifs (C(OH)–C–C–N with tert-alkyl or cyclic N) is 1. The number of likely N-dealkylation sites (tertiary alicyclic amines) is 1. The molecule has 1 N–H and O–H groups in total. The molecule has 1 aliphatic heterocycles. The Bertz CT molecular complexity index is 422. The first-order valence-electron chi connectivity index (χ1n) is 7.67. The fourth-order valence-corrected chi connectivity index (χ4v) is 3.09. The summed E-state index contributed by atoms with van der Waals surface area (Å²) in [6.07, 6.45) is 2.94. The van der Waals surface area contributed by atoms with Crippen LogP contribution in [0.2, 0.25) is 0 Å². The Morgan fingerprint density at radius 1 is 1.25 bits per heavy atom. The molecule has 2 rings (SSSR count). The van der Waals surface area contributed by atoms with Crippen LogP contribution >= 0.6 is 0 Å². The number of aryl methyl sites for hydroxylation is 3. The summed E-state index contributed by atoms with van der Waals surface area (Å²) in [6.45, 7) is 10.0. The maximum Gasteiger partial charge on any atom is 0.125 e. The van der Waals surface area contributed by atoms with E-state index in [0.29, 0.717) is 0 Å². The second-order valence-electron chi connectivity index (χ2n) is 6.03. The molecule has 20 heavy (non-hydrogen) atoms. The van der Waals surface area contributed by atoms with Gasteiger partial charge in [-0.25, -0.2) is 0 Å². The maximum atomic E-state index is 9.64. The van der Waals surface area contributed by atoms with Crippen LogP contribution in [0.1, 0.15) is 36.0 Å². The second-order valence-corrected chi connectivity index (χ2v) is 6.03. The number of nitrogens with zero attached hydrogens (tertiary/aromatic N) is 1. The van der Waals surface area contributed by atoms with Gasteiger partial charge >= 0.3 is 0 Å². The normalized spacial score (nSPS) is 20.1. The molecule has 0 saturated carbocycles. The standard InChI is InChI=1S/C17H27NO2/c1-13-10-14(2)17(15(3)11-13)20-9-5-8-18-7-4-6-16(19)12-18/h10-11,16,19H,4-9,12H2,1-3H3. The highest BCUT2D eigenvalue weighted by Crippen LogP contribution is 2.24. The molecule has 0 radical (unpaired) electrons. The molecule has 112 valence electrons. The Morgan fingerprint density at radius 3 is 2.60 bits per heavy atom. The molecule has 1 aromatic carbocycles. The number of hydrogen-bond donors (Lipinski definition) is 1. The molecule has 0 aromatic heterocycles. The van der Waals surface area contributed by atoms with Crippen LogP contribution in [0.3, 0.4) is 0 Å². The van der Waals surface area contributed by atoms with Gasteiger partial charge in [-0.15, -0.1) is 0 Å². The second kappa shape index (κ2) is 7.09. The van der Waals surface area contributed by atoms with Crippen LogP contribution < -0.4 is 4.74 Å². The molecule has 0 amide bonds. The van der Waals surface area contributed by atoms with Crippen molar-refractivity contribution in [3.8, 4) is 5.75 Å². The summed E-state index contributed by atoms with van der Waals surface area (Å²) >= 11 is 0. The molecular formula is C17H27NO2. The third-order valence-corrected chi connectivity index (χ3v) is 3.95. The molecule has 1 unspecified atom stereocenters. The molecule has 1 aromatic rings. The quantitative estimate of drug-likeness (QED) is 0.840. The number of hydrogen-bond acceptors (Lipinski definition) is 3. The lowest BCUT2D eigenvalue weighted by Crippen LogP contribution is -2.39. The Labute approximate surface area is 122 Å². The minimum atomic E-state index is -0.133. The van der Waals surface area contributed by atoms with Gasteiger partial charge < -0.3 is 14.7 Å². The van der Waals surface area contributed by atoms with E-state index in [1.165, 1.54) is 16.7 Å². The van der Waals surface area contributed by atoms with E-state index in [4.69, 9.17) is 4.74 Å². The molecular weight excluding hydrogens is 250 g/mol. The molecule has 1 atom stereocenters. The van der Waals surface area contributed by atoms with Crippen molar-refractivity contribution in [3.05, 3.63) is 28.8 Å². The third-order valence-electron chi connectivity index (χ3n) is 3.95. The average Bonchev–Trinajstić information content (AvgIpc) is 2.36. The molecule has 1 aliphatic rings. The first-order valence-corrected chi connectivity index (χ1v) is 7.67. The fraction of sp³-hybridized carbons (Fsp3) is 0.647. The van der Waals surface area contributed by atoms with E-state index in [2.05, 4.69) is 37.8 Å². The van der Waals surface area contributed by atoms with Crippen LogP contribution in [0.5, 0.6) is 5.75 Å². The van der Waals surface area contributed by atoms with Gasteiger partial charge in [0.2, 0.25) is 0 Å². The number of piperidine rings is 1. The van der Waals surface area contributed by atoms with Crippen molar-refractivity contribution in [2.75, 3.05) is 26.2 Å². The van der Waals surface area contributed by atoms with Crippen molar-refractivity contribution in [2.45, 2.75) is 46.1 Å². The number of rotatable bonds is 5. The number of benzene rings is 1. The molecule has 3 heteroatoms. The molecule has 0 spiro atoms. The summed E-state index contributed by atoms with van der Waals surface area (Å²) in [5.74, 6) is 1.04. The van der Waals surface area contributed by atoms with Gasteiger partial charge in [-0.05, 0) is 57.7 Å². The molecule has 3 nitrogen and oxygen atoms in total. The van der Waals surface area contributed by atoms with E-state index in [0.717, 1.165) is 51.3 Å². The van der Waals surface area contributed by atoms with Gasteiger partial charge in [-0.1, -0.05) is 17.7 Å². The van der Waals surface area contributed by atoms with Gasteiger partial charge in [0.05, 0.1) is 12.7 Å². The highest BCUT2D eigenvalue weighted by Gasteiger charge is 2.16. The van der Waals surface area contributed by atoms with E-state index in [1.54, 1.807) is 0 Å². The van der Waals surface area contributed by atoms with Crippen molar-refractivity contribution in [1.82, 2.24) is 4.90 Å². The summed E-state index contributed by atoms with van der Waals surface area (Å²) in [6, 6.07) is 4.34. The highest BCUT2D eigenvalue weighted by molar-refractivity contribution is 5.42. The topological polar surface area (TPSA) is 32.7 Å². The summed E-state index contributed by atoms with van der Waals surface area (Å²) in [4.78, 5) is 2.34. The summed E-state index contributed by atoms with van der Waals surface area (Å²) in [7, 11) is 0. The van der Waals surface area contributed by atoms with Crippen LogP contribution in [0, 0.1) is 20.8 Å². The van der Waals surface area contributed by atoms with Crippen LogP contribution in [0.25, 0.3) is 0 Å². The average molecular weight is 277 g/mol. The number of ether oxygens (including phenoxy) is 1. The van der Waals surface area contributed by atoms with Crippen molar-refractivity contribution in [1.29, 1.82) is 0 Å². The molecule has 1 fully saturated rings. The van der Waals surface area contributed by atoms with E-state index in [9.17, 15) is 5.11 Å². The smallest absolute Gasteiger partial charge is 0.125 e. The number of aliphatic hydroxyl groups is 1. The van der Waals surface area contributed by atoms with Crippen LogP contribution in [0.15, 0.2) is 12.1 Å². The Balaban J connectivity index is 1.76. The first kappa shape index (κ1) is 15.3. The zero-order valence-corrected chi connectivity index (χ0v) is 13.0. The predicted molar refractivity (Wildman–Crippen MR) is 82.4 cm³/mol. The Kier molecular flexibility index (Phi) is 5.44. The van der Waals surface area contributed by atoms with E-state index < -0.39 is 0 Å². The number of aliphatic hydroxyl groups excluding tert-OH is 1. The van der Waals surface area contributed by atoms with Gasteiger partial charge in [0.15, 0.2) is 0 Å². The lowest BCUT2D eigenvalue weighted by atomic mass is 10.1. The zero-order chi connectivity index (χ0) is 14.5. The predicted octanol–water partition coefficient (Wildman–Crippen LogP) is 2.84. The zero-order valence-electron chi connectivity index (χ0n) is 13.0. The van der Waals surface area contributed by atoms with Crippen molar-refractivity contribution in [3.63, 3.8) is 0 Å². The van der Waals surface area contributed by atoms with Gasteiger partial charge in [0.1, 0.15) is 5.75 Å². The molecule has 1 heterocycles. The molecule has 0 bridgehead atoms.